The number of pyridine rings is 1. The molecule has 170 valence electrons. The maximum atomic E-state index is 13.1. The monoisotopic (exact) mass is 445 g/mol. The second-order valence-corrected chi connectivity index (χ2v) is 7.81. The molecule has 1 aliphatic heterocycles. The lowest BCUT2D eigenvalue weighted by molar-refractivity contribution is -0.132. The molecule has 1 atom stereocenters. The number of para-hydroxylation sites is 1. The van der Waals surface area contributed by atoms with Crippen LogP contribution in [0.1, 0.15) is 18.0 Å². The summed E-state index contributed by atoms with van der Waals surface area (Å²) >= 11 is 0. The molecule has 1 fully saturated rings. The van der Waals surface area contributed by atoms with E-state index in [9.17, 15) is 9.59 Å². The molecule has 1 unspecified atom stereocenters. The van der Waals surface area contributed by atoms with Crippen LogP contribution in [0.15, 0.2) is 79.0 Å². The molecule has 1 aliphatic rings. The molecule has 33 heavy (non-hydrogen) atoms. The maximum absolute atomic E-state index is 13.1. The van der Waals surface area contributed by atoms with E-state index in [4.69, 9.17) is 10.5 Å². The number of nitrogens with one attached hydrogen (secondary N) is 1. The number of hydrogen-bond donors (Lipinski definition) is 2. The van der Waals surface area contributed by atoms with Gasteiger partial charge in [0.25, 0.3) is 0 Å². The third-order valence-electron chi connectivity index (χ3n) is 5.54. The van der Waals surface area contributed by atoms with Crippen molar-refractivity contribution in [3.63, 3.8) is 0 Å². The fourth-order valence-corrected chi connectivity index (χ4v) is 3.87. The van der Waals surface area contributed by atoms with Crippen LogP contribution >= 0.6 is 0 Å². The van der Waals surface area contributed by atoms with Crippen molar-refractivity contribution in [3.8, 4) is 11.5 Å². The van der Waals surface area contributed by atoms with Gasteiger partial charge in [-0.2, -0.15) is 0 Å². The zero-order chi connectivity index (χ0) is 23.0. The highest BCUT2D eigenvalue weighted by Crippen LogP contribution is 2.26. The highest BCUT2D eigenvalue weighted by molar-refractivity contribution is 5.79. The maximum Gasteiger partial charge on any atom is 0.312 e. The number of urea groups is 1. The fraction of sp³-hybridized carbons (Fsp3) is 0.240. The Bertz CT molecular complexity index is 1070. The first kappa shape index (κ1) is 22.1. The van der Waals surface area contributed by atoms with Crippen molar-refractivity contribution in [2.75, 3.05) is 31.1 Å². The minimum Gasteiger partial charge on any atom is -0.457 e. The van der Waals surface area contributed by atoms with Crippen LogP contribution in [-0.2, 0) is 4.79 Å². The van der Waals surface area contributed by atoms with Gasteiger partial charge in [-0.05, 0) is 42.0 Å². The van der Waals surface area contributed by atoms with Crippen molar-refractivity contribution >= 4 is 17.8 Å². The molecule has 0 aliphatic carbocycles. The van der Waals surface area contributed by atoms with E-state index in [0.29, 0.717) is 37.7 Å². The number of benzene rings is 2. The Morgan fingerprint density at radius 2 is 1.67 bits per heavy atom. The lowest BCUT2D eigenvalue weighted by Crippen LogP contribution is -2.49. The Kier molecular flexibility index (Phi) is 7.04. The van der Waals surface area contributed by atoms with Gasteiger partial charge in [-0.15, -0.1) is 0 Å². The number of hydrogen-bond acceptors (Lipinski definition) is 5. The second-order valence-electron chi connectivity index (χ2n) is 7.81. The van der Waals surface area contributed by atoms with Crippen LogP contribution in [-0.4, -0.2) is 48.0 Å². The number of carbonyl (C=O) groups excluding carboxylic acids is 2. The van der Waals surface area contributed by atoms with Crippen molar-refractivity contribution in [2.45, 2.75) is 12.5 Å². The van der Waals surface area contributed by atoms with Crippen molar-refractivity contribution < 1.29 is 14.3 Å². The van der Waals surface area contributed by atoms with Gasteiger partial charge >= 0.3 is 6.03 Å². The molecule has 1 aromatic heterocycles. The van der Waals surface area contributed by atoms with Gasteiger partial charge in [0, 0.05) is 32.4 Å². The van der Waals surface area contributed by atoms with Crippen LogP contribution in [0.4, 0.5) is 10.6 Å². The Labute approximate surface area is 193 Å². The van der Waals surface area contributed by atoms with Gasteiger partial charge in [-0.25, -0.2) is 9.78 Å². The molecule has 3 amide bonds. The standard InChI is InChI=1S/C25H27N5O3/c26-25(32)28-22(19-7-6-10-21(17-19)33-20-8-2-1-3-9-20)18-24(31)30-15-13-29(14-16-30)23-11-4-5-12-27-23/h1-12,17,22H,13-16,18H2,(H3,26,28,32). The van der Waals surface area contributed by atoms with E-state index in [-0.39, 0.29) is 12.3 Å². The number of piperazine rings is 1. The lowest BCUT2D eigenvalue weighted by Gasteiger charge is -2.36. The molecular formula is C25H27N5O3. The van der Waals surface area contributed by atoms with Gasteiger partial charge in [0.15, 0.2) is 0 Å². The van der Waals surface area contributed by atoms with Crippen LogP contribution in [0.25, 0.3) is 0 Å². The zero-order valence-corrected chi connectivity index (χ0v) is 18.3. The summed E-state index contributed by atoms with van der Waals surface area (Å²) in [7, 11) is 0. The molecule has 0 saturated carbocycles. The van der Waals surface area contributed by atoms with Gasteiger partial charge in [-0.3, -0.25) is 4.79 Å². The SMILES string of the molecule is NC(=O)NC(CC(=O)N1CCN(c2ccccn2)CC1)c1cccc(Oc2ccccc2)c1. The second kappa shape index (κ2) is 10.5. The smallest absolute Gasteiger partial charge is 0.312 e. The van der Waals surface area contributed by atoms with E-state index in [1.165, 1.54) is 0 Å². The number of rotatable bonds is 7. The highest BCUT2D eigenvalue weighted by atomic mass is 16.5. The van der Waals surface area contributed by atoms with Crippen molar-refractivity contribution in [3.05, 3.63) is 84.6 Å². The van der Waals surface area contributed by atoms with E-state index in [2.05, 4.69) is 15.2 Å². The van der Waals surface area contributed by atoms with Crippen LogP contribution in [0.2, 0.25) is 0 Å². The summed E-state index contributed by atoms with van der Waals surface area (Å²) in [6.45, 7) is 2.60. The number of anilines is 1. The summed E-state index contributed by atoms with van der Waals surface area (Å²) in [5.74, 6) is 2.19. The molecule has 0 bridgehead atoms. The van der Waals surface area contributed by atoms with E-state index in [0.717, 1.165) is 11.4 Å². The summed E-state index contributed by atoms with van der Waals surface area (Å²) in [5, 5.41) is 2.71. The number of nitrogens with zero attached hydrogens (tertiary/aromatic N) is 3. The van der Waals surface area contributed by atoms with E-state index in [1.807, 2.05) is 77.7 Å². The average molecular weight is 446 g/mol. The van der Waals surface area contributed by atoms with E-state index < -0.39 is 12.1 Å². The number of ether oxygens (including phenoxy) is 1. The van der Waals surface area contributed by atoms with Gasteiger partial charge in [0.05, 0.1) is 12.5 Å². The fourth-order valence-electron chi connectivity index (χ4n) is 3.87. The summed E-state index contributed by atoms with van der Waals surface area (Å²) in [6.07, 6.45) is 1.88. The first-order valence-corrected chi connectivity index (χ1v) is 10.9. The minimum absolute atomic E-state index is 0.0381. The number of carbonyl (C=O) groups is 2. The van der Waals surface area contributed by atoms with Gasteiger partial charge in [-0.1, -0.05) is 36.4 Å². The largest absolute Gasteiger partial charge is 0.457 e. The Hall–Kier alpha value is -4.07. The first-order valence-electron chi connectivity index (χ1n) is 10.9. The number of nitrogens with two attached hydrogens (primary N) is 1. The van der Waals surface area contributed by atoms with Gasteiger partial charge in [0.2, 0.25) is 5.91 Å². The predicted molar refractivity (Wildman–Crippen MR) is 126 cm³/mol. The summed E-state index contributed by atoms with van der Waals surface area (Å²) in [5.41, 5.74) is 6.16. The molecule has 2 aromatic carbocycles. The molecular weight excluding hydrogens is 418 g/mol. The Morgan fingerprint density at radius 1 is 0.939 bits per heavy atom. The molecule has 0 radical (unpaired) electrons. The summed E-state index contributed by atoms with van der Waals surface area (Å²) < 4.78 is 5.90. The number of aromatic nitrogens is 1. The molecule has 8 nitrogen and oxygen atoms in total. The third-order valence-corrected chi connectivity index (χ3v) is 5.54. The number of primary amides is 1. The highest BCUT2D eigenvalue weighted by Gasteiger charge is 2.25. The molecule has 8 heteroatoms. The predicted octanol–water partition coefficient (Wildman–Crippen LogP) is 3.32. The normalized spacial score (nSPS) is 14.4. The molecule has 3 N–H and O–H groups in total. The quantitative estimate of drug-likeness (QED) is 0.581. The van der Waals surface area contributed by atoms with Crippen LogP contribution < -0.4 is 20.7 Å². The average Bonchev–Trinajstić information content (AvgIpc) is 2.85. The number of amides is 3. The van der Waals surface area contributed by atoms with E-state index >= 15 is 0 Å². The minimum atomic E-state index is -0.679. The first-order chi connectivity index (χ1) is 16.1. The topological polar surface area (TPSA) is 101 Å². The van der Waals surface area contributed by atoms with Crippen LogP contribution in [0.3, 0.4) is 0 Å². The van der Waals surface area contributed by atoms with Crippen LogP contribution in [0.5, 0.6) is 11.5 Å². The van der Waals surface area contributed by atoms with Crippen molar-refractivity contribution in [2.24, 2.45) is 5.73 Å². The van der Waals surface area contributed by atoms with Gasteiger partial charge in [0.1, 0.15) is 17.3 Å². The Balaban J connectivity index is 1.41. The lowest BCUT2D eigenvalue weighted by atomic mass is 10.0. The molecule has 4 rings (SSSR count). The van der Waals surface area contributed by atoms with Crippen LogP contribution in [0, 0.1) is 0 Å². The molecule has 2 heterocycles. The molecule has 3 aromatic rings. The molecule has 1 saturated heterocycles. The van der Waals surface area contributed by atoms with Gasteiger partial charge < -0.3 is 25.6 Å². The third kappa shape index (κ3) is 6.00. The molecule has 0 spiro atoms. The zero-order valence-electron chi connectivity index (χ0n) is 18.3. The summed E-state index contributed by atoms with van der Waals surface area (Å²) in [4.78, 5) is 33.1. The van der Waals surface area contributed by atoms with Crippen molar-refractivity contribution in [1.29, 1.82) is 0 Å². The van der Waals surface area contributed by atoms with Crippen molar-refractivity contribution in [1.82, 2.24) is 15.2 Å². The Morgan fingerprint density at radius 3 is 2.36 bits per heavy atom. The van der Waals surface area contributed by atoms with E-state index in [1.54, 1.807) is 6.20 Å². The summed E-state index contributed by atoms with van der Waals surface area (Å²) in [6, 6.07) is 21.3.